The lowest BCUT2D eigenvalue weighted by atomic mass is 10.2. The first kappa shape index (κ1) is 19.9. The number of carbonyl (C=O) groups excluding carboxylic acids is 2. The van der Waals surface area contributed by atoms with Crippen LogP contribution in [0, 0.1) is 6.92 Å². The molecule has 3 aromatic carbocycles. The zero-order chi connectivity index (χ0) is 21.1. The molecule has 0 aliphatic rings. The van der Waals surface area contributed by atoms with Crippen LogP contribution in [0.4, 0.5) is 10.5 Å². The molecule has 0 radical (unpaired) electrons. The number of rotatable bonds is 3. The molecule has 0 saturated carbocycles. The van der Waals surface area contributed by atoms with Crippen LogP contribution in [0.3, 0.4) is 0 Å². The molecule has 3 N–H and O–H groups in total. The largest absolute Gasteiger partial charge is 0.507 e. The third kappa shape index (κ3) is 4.45. The van der Waals surface area contributed by atoms with E-state index in [9.17, 15) is 14.7 Å². The molecule has 150 valence electrons. The first-order valence-electron chi connectivity index (χ1n) is 9.03. The van der Waals surface area contributed by atoms with E-state index in [1.165, 1.54) is 17.4 Å². The van der Waals surface area contributed by atoms with Gasteiger partial charge in [-0.2, -0.15) is 0 Å². The van der Waals surface area contributed by atoms with E-state index in [1.807, 2.05) is 43.3 Å². The zero-order valence-corrected chi connectivity index (χ0v) is 17.5. The Morgan fingerprint density at radius 3 is 2.57 bits per heavy atom. The van der Waals surface area contributed by atoms with Gasteiger partial charge in [0.2, 0.25) is 5.12 Å². The third-order valence-electron chi connectivity index (χ3n) is 4.30. The molecule has 0 bridgehead atoms. The van der Waals surface area contributed by atoms with Crippen molar-refractivity contribution in [2.75, 3.05) is 5.32 Å². The predicted octanol–water partition coefficient (Wildman–Crippen LogP) is 5.59. The van der Waals surface area contributed by atoms with E-state index < -0.39 is 6.03 Å². The summed E-state index contributed by atoms with van der Waals surface area (Å²) in [7, 11) is 0. The number of carbonyl (C=O) groups is 2. The number of hydrogen-bond donors (Lipinski definition) is 3. The fraction of sp³-hybridized carbons (Fsp3) is 0.0455. The second-order valence-electron chi connectivity index (χ2n) is 6.53. The maximum absolute atomic E-state index is 12.2. The number of aromatic nitrogens is 1. The number of urea groups is 1. The van der Waals surface area contributed by atoms with Crippen molar-refractivity contribution in [1.82, 2.24) is 9.71 Å². The Hall–Kier alpha value is -3.36. The average molecular weight is 436 g/mol. The summed E-state index contributed by atoms with van der Waals surface area (Å²) in [4.78, 5) is 28.9. The Balaban J connectivity index is 1.44. The van der Waals surface area contributed by atoms with E-state index in [0.29, 0.717) is 33.8 Å². The number of aryl methyl sites for hydroxylation is 1. The van der Waals surface area contributed by atoms with E-state index in [-0.39, 0.29) is 10.9 Å². The average Bonchev–Trinajstić information content (AvgIpc) is 3.18. The summed E-state index contributed by atoms with van der Waals surface area (Å²) in [6, 6.07) is 19.0. The fourth-order valence-electron chi connectivity index (χ4n) is 2.77. The van der Waals surface area contributed by atoms with Crippen LogP contribution in [0.15, 0.2) is 66.7 Å². The highest BCUT2D eigenvalue weighted by atomic mass is 32.2. The maximum atomic E-state index is 12.2. The van der Waals surface area contributed by atoms with Crippen molar-refractivity contribution < 1.29 is 14.7 Å². The Morgan fingerprint density at radius 2 is 1.80 bits per heavy atom. The molecule has 0 spiro atoms. The summed E-state index contributed by atoms with van der Waals surface area (Å²) >= 11 is 2.17. The Bertz CT molecular complexity index is 1200. The van der Waals surface area contributed by atoms with Crippen LogP contribution in [0.25, 0.3) is 20.8 Å². The molecule has 0 saturated heterocycles. The summed E-state index contributed by atoms with van der Waals surface area (Å²) in [6.45, 7) is 1.94. The molecule has 0 aliphatic heterocycles. The standard InChI is InChI=1S/C22H17N3O3S2/c1-13-6-8-14(9-7-13)21(27)30-25-22(28)23-15-10-11-18(26)16(12-15)20-24-17-4-2-3-5-19(17)29-20/h2-12,26H,1H3,(H2,23,25,28). The molecule has 8 heteroatoms. The summed E-state index contributed by atoms with van der Waals surface area (Å²) in [5.41, 5.74) is 3.41. The van der Waals surface area contributed by atoms with Gasteiger partial charge in [-0.1, -0.05) is 42.0 Å². The van der Waals surface area contributed by atoms with Gasteiger partial charge in [0, 0.05) is 23.2 Å². The minimum Gasteiger partial charge on any atom is -0.507 e. The van der Waals surface area contributed by atoms with Gasteiger partial charge in [0.25, 0.3) is 0 Å². The number of phenolic OH excluding ortho intramolecular Hbond substituents is 1. The Kier molecular flexibility index (Phi) is 5.69. The van der Waals surface area contributed by atoms with Crippen LogP contribution in [-0.4, -0.2) is 21.2 Å². The maximum Gasteiger partial charge on any atom is 0.329 e. The van der Waals surface area contributed by atoms with Gasteiger partial charge >= 0.3 is 6.03 Å². The summed E-state index contributed by atoms with van der Waals surface area (Å²) < 4.78 is 3.49. The van der Waals surface area contributed by atoms with Crippen LogP contribution >= 0.6 is 23.3 Å². The van der Waals surface area contributed by atoms with Gasteiger partial charge in [0.1, 0.15) is 10.8 Å². The molecule has 2 amide bonds. The van der Waals surface area contributed by atoms with Gasteiger partial charge < -0.3 is 10.4 Å². The topological polar surface area (TPSA) is 91.3 Å². The van der Waals surface area contributed by atoms with Crippen molar-refractivity contribution >= 4 is 50.3 Å². The smallest absolute Gasteiger partial charge is 0.329 e. The molecular weight excluding hydrogens is 418 g/mol. The van der Waals surface area contributed by atoms with Gasteiger partial charge in [0.15, 0.2) is 0 Å². The van der Waals surface area contributed by atoms with Crippen molar-refractivity contribution in [2.45, 2.75) is 6.92 Å². The van der Waals surface area contributed by atoms with Crippen LogP contribution in [0.5, 0.6) is 5.75 Å². The molecule has 1 aromatic heterocycles. The molecular formula is C22H17N3O3S2. The first-order chi connectivity index (χ1) is 14.5. The number of aromatic hydroxyl groups is 1. The summed E-state index contributed by atoms with van der Waals surface area (Å²) in [5, 5.41) is 13.3. The number of benzene rings is 3. The van der Waals surface area contributed by atoms with E-state index in [0.717, 1.165) is 15.8 Å². The van der Waals surface area contributed by atoms with Gasteiger partial charge in [-0.15, -0.1) is 11.3 Å². The molecule has 4 aromatic rings. The lowest BCUT2D eigenvalue weighted by Crippen LogP contribution is -2.24. The van der Waals surface area contributed by atoms with Gasteiger partial charge in [-0.3, -0.25) is 9.52 Å². The molecule has 0 fully saturated rings. The molecule has 4 rings (SSSR count). The Labute approximate surface area is 181 Å². The summed E-state index contributed by atoms with van der Waals surface area (Å²) in [5.74, 6) is 0.0731. The number of thiazole rings is 1. The highest BCUT2D eigenvalue weighted by Crippen LogP contribution is 2.36. The minimum absolute atomic E-state index is 0.0731. The van der Waals surface area contributed by atoms with E-state index in [4.69, 9.17) is 0 Å². The number of nitrogens with zero attached hydrogens (tertiary/aromatic N) is 1. The normalized spacial score (nSPS) is 10.7. The van der Waals surface area contributed by atoms with Crippen molar-refractivity contribution in [2.24, 2.45) is 0 Å². The minimum atomic E-state index is -0.540. The third-order valence-corrected chi connectivity index (χ3v) is 6.08. The molecule has 1 heterocycles. The van der Waals surface area contributed by atoms with E-state index >= 15 is 0 Å². The molecule has 6 nitrogen and oxygen atoms in total. The Morgan fingerprint density at radius 1 is 1.03 bits per heavy atom. The number of para-hydroxylation sites is 1. The van der Waals surface area contributed by atoms with E-state index in [2.05, 4.69) is 15.0 Å². The number of phenols is 1. The number of nitrogens with one attached hydrogen (secondary N) is 2. The highest BCUT2D eigenvalue weighted by molar-refractivity contribution is 8.12. The SMILES string of the molecule is Cc1ccc(C(=O)SNC(=O)Nc2ccc(O)c(-c3nc4ccccc4s3)c2)cc1. The first-order valence-corrected chi connectivity index (χ1v) is 10.7. The van der Waals surface area contributed by atoms with Crippen molar-refractivity contribution in [1.29, 1.82) is 0 Å². The number of amides is 2. The molecule has 0 unspecified atom stereocenters. The quantitative estimate of drug-likeness (QED) is 0.288. The van der Waals surface area contributed by atoms with E-state index in [1.54, 1.807) is 24.3 Å². The second-order valence-corrected chi connectivity index (χ2v) is 8.34. The monoisotopic (exact) mass is 435 g/mol. The lowest BCUT2D eigenvalue weighted by molar-refractivity contribution is 0.108. The van der Waals surface area contributed by atoms with Crippen LogP contribution < -0.4 is 10.0 Å². The predicted molar refractivity (Wildman–Crippen MR) is 122 cm³/mol. The van der Waals surface area contributed by atoms with Gasteiger partial charge in [-0.25, -0.2) is 9.78 Å². The number of hydrogen-bond acceptors (Lipinski definition) is 6. The summed E-state index contributed by atoms with van der Waals surface area (Å²) in [6.07, 6.45) is 0. The molecule has 0 aliphatic carbocycles. The zero-order valence-electron chi connectivity index (χ0n) is 15.9. The lowest BCUT2D eigenvalue weighted by Gasteiger charge is -2.09. The number of anilines is 1. The highest BCUT2D eigenvalue weighted by Gasteiger charge is 2.13. The fourth-order valence-corrected chi connectivity index (χ4v) is 4.25. The van der Waals surface area contributed by atoms with Gasteiger partial charge in [0.05, 0.1) is 15.8 Å². The van der Waals surface area contributed by atoms with Crippen molar-refractivity contribution in [3.63, 3.8) is 0 Å². The second kappa shape index (κ2) is 8.56. The van der Waals surface area contributed by atoms with Gasteiger partial charge in [-0.05, 0) is 37.3 Å². The van der Waals surface area contributed by atoms with Crippen molar-refractivity contribution in [3.05, 3.63) is 77.9 Å². The number of fused-ring (bicyclic) bond motifs is 1. The molecule has 0 atom stereocenters. The molecule has 30 heavy (non-hydrogen) atoms. The van der Waals surface area contributed by atoms with Crippen molar-refractivity contribution in [3.8, 4) is 16.3 Å². The van der Waals surface area contributed by atoms with Crippen LogP contribution in [0.2, 0.25) is 0 Å². The van der Waals surface area contributed by atoms with Crippen LogP contribution in [-0.2, 0) is 0 Å². The van der Waals surface area contributed by atoms with Crippen LogP contribution in [0.1, 0.15) is 15.9 Å².